The number of carboxylic acids is 1. The van der Waals surface area contributed by atoms with E-state index in [1.54, 1.807) is 11.1 Å². The monoisotopic (exact) mass is 344 g/mol. The van der Waals surface area contributed by atoms with Crippen molar-refractivity contribution in [1.82, 2.24) is 9.88 Å². The number of aromatic nitrogens is 1. The van der Waals surface area contributed by atoms with Gasteiger partial charge in [-0.25, -0.2) is 0 Å². The normalized spacial score (nSPS) is 26.0. The molecule has 2 aliphatic rings. The highest BCUT2D eigenvalue weighted by Crippen LogP contribution is 2.29. The minimum absolute atomic E-state index is 0.116. The summed E-state index contributed by atoms with van der Waals surface area (Å²) < 4.78 is 11.3. The van der Waals surface area contributed by atoms with Crippen LogP contribution in [-0.4, -0.2) is 64.9 Å². The number of aliphatic carboxylic acids is 1. The van der Waals surface area contributed by atoms with E-state index >= 15 is 0 Å². The lowest BCUT2D eigenvalue weighted by Gasteiger charge is -2.40. The van der Waals surface area contributed by atoms with E-state index < -0.39 is 12.1 Å². The molecule has 2 fully saturated rings. The van der Waals surface area contributed by atoms with Gasteiger partial charge < -0.3 is 24.5 Å². The van der Waals surface area contributed by atoms with E-state index in [2.05, 4.69) is 4.98 Å². The first-order valence-electron chi connectivity index (χ1n) is 8.36. The predicted octanol–water partition coefficient (Wildman–Crippen LogP) is 1.56. The Bertz CT molecular complexity index is 830. The van der Waals surface area contributed by atoms with Crippen LogP contribution in [0.1, 0.15) is 22.3 Å². The van der Waals surface area contributed by atoms with E-state index in [9.17, 15) is 9.59 Å². The number of rotatable bonds is 3. The molecule has 2 aliphatic heterocycles. The molecule has 1 aromatic heterocycles. The first kappa shape index (κ1) is 16.1. The Morgan fingerprint density at radius 1 is 1.36 bits per heavy atom. The maximum Gasteiger partial charge on any atom is 0.306 e. The quantitative estimate of drug-likeness (QED) is 0.882. The Balaban J connectivity index is 1.65. The second kappa shape index (κ2) is 6.16. The molecule has 2 aromatic rings. The van der Waals surface area contributed by atoms with Crippen LogP contribution >= 0.6 is 0 Å². The summed E-state index contributed by atoms with van der Waals surface area (Å²) in [5, 5.41) is 9.93. The van der Waals surface area contributed by atoms with Crippen molar-refractivity contribution in [2.45, 2.75) is 31.6 Å². The molecule has 2 saturated heterocycles. The molecule has 3 atom stereocenters. The van der Waals surface area contributed by atoms with E-state index in [0.717, 1.165) is 16.5 Å². The number of aryl methyl sites for hydroxylation is 1. The molecular weight excluding hydrogens is 324 g/mol. The molecule has 7 nitrogen and oxygen atoms in total. The number of fused-ring (bicyclic) bond motifs is 2. The van der Waals surface area contributed by atoms with Crippen molar-refractivity contribution in [3.05, 3.63) is 35.5 Å². The summed E-state index contributed by atoms with van der Waals surface area (Å²) in [5.74, 6) is -1.05. The lowest BCUT2D eigenvalue weighted by molar-refractivity contribution is -0.146. The second-order valence-corrected chi connectivity index (χ2v) is 6.71. The van der Waals surface area contributed by atoms with Gasteiger partial charge in [-0.1, -0.05) is 12.1 Å². The Labute approximate surface area is 144 Å². The Morgan fingerprint density at radius 2 is 2.20 bits per heavy atom. The van der Waals surface area contributed by atoms with Gasteiger partial charge in [0.25, 0.3) is 5.91 Å². The van der Waals surface area contributed by atoms with Gasteiger partial charge >= 0.3 is 5.97 Å². The highest BCUT2D eigenvalue weighted by molar-refractivity contribution is 6.07. The highest BCUT2D eigenvalue weighted by atomic mass is 16.6. The number of nitrogens with zero attached hydrogens (tertiary/aromatic N) is 1. The molecule has 2 N–H and O–H groups in total. The number of carboxylic acid groups (broad SMARTS) is 1. The third kappa shape index (κ3) is 2.89. The van der Waals surface area contributed by atoms with Gasteiger partial charge in [0.2, 0.25) is 0 Å². The third-order valence-electron chi connectivity index (χ3n) is 4.90. The van der Waals surface area contributed by atoms with Crippen molar-refractivity contribution < 1.29 is 24.2 Å². The van der Waals surface area contributed by atoms with Crippen LogP contribution < -0.4 is 0 Å². The maximum absolute atomic E-state index is 13.2. The zero-order valence-corrected chi connectivity index (χ0v) is 13.9. The summed E-state index contributed by atoms with van der Waals surface area (Å²) >= 11 is 0. The van der Waals surface area contributed by atoms with E-state index in [4.69, 9.17) is 14.6 Å². The minimum atomic E-state index is -0.933. The molecule has 7 heteroatoms. The van der Waals surface area contributed by atoms with Crippen molar-refractivity contribution in [2.24, 2.45) is 0 Å². The van der Waals surface area contributed by atoms with Gasteiger partial charge in [0.15, 0.2) is 0 Å². The molecule has 0 bridgehead atoms. The number of hydrogen-bond donors (Lipinski definition) is 2. The molecule has 132 valence electrons. The summed E-state index contributed by atoms with van der Waals surface area (Å²) in [4.78, 5) is 29.1. The predicted molar refractivity (Wildman–Crippen MR) is 89.6 cm³/mol. The van der Waals surface area contributed by atoms with Crippen molar-refractivity contribution in [3.63, 3.8) is 0 Å². The van der Waals surface area contributed by atoms with Crippen LogP contribution in [0, 0.1) is 6.92 Å². The van der Waals surface area contributed by atoms with Crippen LogP contribution in [0.15, 0.2) is 24.4 Å². The number of aromatic amines is 1. The lowest BCUT2D eigenvalue weighted by atomic mass is 10.0. The number of hydrogen-bond acceptors (Lipinski definition) is 4. The van der Waals surface area contributed by atoms with Crippen LogP contribution in [0.5, 0.6) is 0 Å². The first-order valence-corrected chi connectivity index (χ1v) is 8.36. The SMILES string of the molecule is Cc1ccc2c(C(=O)N3C[C@@H](CC(=O)O)O[C@H]4COC[C@@H]43)c[nH]c2c1. The molecule has 0 spiro atoms. The van der Waals surface area contributed by atoms with Gasteiger partial charge in [0.1, 0.15) is 6.10 Å². The number of morpholine rings is 1. The number of carbonyl (C=O) groups excluding carboxylic acids is 1. The molecule has 0 aliphatic carbocycles. The molecule has 0 radical (unpaired) electrons. The van der Waals surface area contributed by atoms with Crippen LogP contribution in [0.2, 0.25) is 0 Å². The molecular formula is C18H20N2O5. The van der Waals surface area contributed by atoms with Gasteiger partial charge in [-0.3, -0.25) is 9.59 Å². The average molecular weight is 344 g/mol. The molecule has 0 saturated carbocycles. The Morgan fingerprint density at radius 3 is 3.00 bits per heavy atom. The fourth-order valence-corrected chi connectivity index (χ4v) is 3.70. The van der Waals surface area contributed by atoms with E-state index in [0.29, 0.717) is 18.8 Å². The molecule has 0 unspecified atom stereocenters. The minimum Gasteiger partial charge on any atom is -0.481 e. The third-order valence-corrected chi connectivity index (χ3v) is 4.90. The smallest absolute Gasteiger partial charge is 0.306 e. The standard InChI is InChI=1S/C18H20N2O5/c1-10-2-3-12-13(6-19-14(12)4-10)18(23)20-7-11(5-17(21)22)25-16-9-24-8-15(16)20/h2-4,6,11,15-16,19H,5,7-9H2,1H3,(H,21,22)/t11-,15+,16+/m1/s1. The fraction of sp³-hybridized carbons (Fsp3) is 0.444. The van der Waals surface area contributed by atoms with Crippen molar-refractivity contribution in [3.8, 4) is 0 Å². The summed E-state index contributed by atoms with van der Waals surface area (Å²) in [6, 6.07) is 5.74. The molecule has 4 rings (SSSR count). The Hall–Kier alpha value is -2.38. The zero-order chi connectivity index (χ0) is 17.6. The summed E-state index contributed by atoms with van der Waals surface area (Å²) in [6.07, 6.45) is 0.810. The van der Waals surface area contributed by atoms with Crippen LogP contribution in [0.3, 0.4) is 0 Å². The van der Waals surface area contributed by atoms with Gasteiger partial charge in [0, 0.05) is 23.6 Å². The van der Waals surface area contributed by atoms with Crippen LogP contribution in [-0.2, 0) is 14.3 Å². The summed E-state index contributed by atoms with van der Waals surface area (Å²) in [5.41, 5.74) is 2.63. The van der Waals surface area contributed by atoms with Crippen molar-refractivity contribution in [1.29, 1.82) is 0 Å². The van der Waals surface area contributed by atoms with E-state index in [-0.39, 0.29) is 31.0 Å². The highest BCUT2D eigenvalue weighted by Gasteiger charge is 2.43. The molecule has 3 heterocycles. The van der Waals surface area contributed by atoms with Gasteiger partial charge in [-0.15, -0.1) is 0 Å². The lowest BCUT2D eigenvalue weighted by Crippen LogP contribution is -2.56. The largest absolute Gasteiger partial charge is 0.481 e. The number of amides is 1. The average Bonchev–Trinajstić information content (AvgIpc) is 3.18. The van der Waals surface area contributed by atoms with Gasteiger partial charge in [0.05, 0.1) is 37.3 Å². The number of nitrogens with one attached hydrogen (secondary N) is 1. The number of carbonyl (C=O) groups is 2. The van der Waals surface area contributed by atoms with Gasteiger partial charge in [-0.05, 0) is 18.6 Å². The number of ether oxygens (including phenoxy) is 2. The van der Waals surface area contributed by atoms with Crippen LogP contribution in [0.4, 0.5) is 0 Å². The molecule has 25 heavy (non-hydrogen) atoms. The van der Waals surface area contributed by atoms with Crippen LogP contribution in [0.25, 0.3) is 10.9 Å². The summed E-state index contributed by atoms with van der Waals surface area (Å²) in [6.45, 7) is 3.06. The number of benzene rings is 1. The first-order chi connectivity index (χ1) is 12.0. The molecule has 1 aromatic carbocycles. The van der Waals surface area contributed by atoms with Crippen molar-refractivity contribution in [2.75, 3.05) is 19.8 Å². The Kier molecular flexibility index (Phi) is 3.97. The van der Waals surface area contributed by atoms with E-state index in [1.807, 2.05) is 25.1 Å². The van der Waals surface area contributed by atoms with Crippen molar-refractivity contribution >= 4 is 22.8 Å². The van der Waals surface area contributed by atoms with Gasteiger partial charge in [-0.2, -0.15) is 0 Å². The molecule has 1 amide bonds. The van der Waals surface area contributed by atoms with E-state index in [1.165, 1.54) is 0 Å². The second-order valence-electron chi connectivity index (χ2n) is 6.71. The summed E-state index contributed by atoms with van der Waals surface area (Å²) in [7, 11) is 0. The topological polar surface area (TPSA) is 91.9 Å². The fourth-order valence-electron chi connectivity index (χ4n) is 3.70. The maximum atomic E-state index is 13.2. The zero-order valence-electron chi connectivity index (χ0n) is 13.9. The number of H-pyrrole nitrogens is 1.